The maximum Gasteiger partial charge on any atom is 0.237 e. The number of carbonyl (C=O) groups is 1. The molecule has 1 aromatic rings. The normalized spacial score (nSPS) is 29.7. The third kappa shape index (κ3) is 3.23. The van der Waals surface area contributed by atoms with E-state index in [0.717, 1.165) is 18.9 Å². The van der Waals surface area contributed by atoms with Crippen LogP contribution in [0.25, 0.3) is 0 Å². The van der Waals surface area contributed by atoms with Crippen LogP contribution in [0.15, 0.2) is 24.5 Å². The van der Waals surface area contributed by atoms with Gasteiger partial charge in [0.25, 0.3) is 0 Å². The number of hydrogen-bond donors (Lipinski definition) is 2. The van der Waals surface area contributed by atoms with E-state index < -0.39 is 0 Å². The fourth-order valence-corrected chi connectivity index (χ4v) is 3.65. The highest BCUT2D eigenvalue weighted by atomic mass is 16.2. The van der Waals surface area contributed by atoms with E-state index in [4.69, 9.17) is 0 Å². The predicted octanol–water partition coefficient (Wildman–Crippen LogP) is 1.92. The number of nitrogens with one attached hydrogen (secondary N) is 2. The minimum Gasteiger partial charge on any atom is -0.353 e. The van der Waals surface area contributed by atoms with Gasteiger partial charge in [0.15, 0.2) is 0 Å². The second kappa shape index (κ2) is 6.44. The molecule has 1 amide bonds. The summed E-state index contributed by atoms with van der Waals surface area (Å²) in [5.41, 5.74) is 0. The third-order valence-corrected chi connectivity index (χ3v) is 4.80. The first kappa shape index (κ1) is 13.7. The van der Waals surface area contributed by atoms with Gasteiger partial charge >= 0.3 is 0 Å². The Hall–Kier alpha value is -1.29. The summed E-state index contributed by atoms with van der Waals surface area (Å²) in [6.45, 7) is 1.55. The standard InChI is InChI=1S/C16H25N3O/c20-16(17-9-12-19-10-3-4-11-19)15-8-7-13-5-1-2-6-14(13)18-15/h3-4,10-11,13-15,18H,1-2,5-9,12H2,(H,17,20). The first-order valence-corrected chi connectivity index (χ1v) is 7.97. The van der Waals surface area contributed by atoms with Gasteiger partial charge in [-0.2, -0.15) is 0 Å². The van der Waals surface area contributed by atoms with Gasteiger partial charge in [0.05, 0.1) is 6.04 Å². The second-order valence-corrected chi connectivity index (χ2v) is 6.16. The summed E-state index contributed by atoms with van der Waals surface area (Å²) in [7, 11) is 0. The van der Waals surface area contributed by atoms with Gasteiger partial charge in [0.2, 0.25) is 5.91 Å². The molecule has 0 aromatic carbocycles. The number of amides is 1. The number of rotatable bonds is 4. The molecule has 110 valence electrons. The SMILES string of the molecule is O=C(NCCn1cccc1)C1CCC2CCCCC2N1. The topological polar surface area (TPSA) is 46.1 Å². The maximum atomic E-state index is 12.2. The first-order valence-electron chi connectivity index (χ1n) is 7.97. The Kier molecular flexibility index (Phi) is 4.41. The molecule has 4 heteroatoms. The van der Waals surface area contributed by atoms with Crippen molar-refractivity contribution in [3.63, 3.8) is 0 Å². The molecule has 0 spiro atoms. The summed E-state index contributed by atoms with van der Waals surface area (Å²) in [5.74, 6) is 0.994. The Balaban J connectivity index is 1.43. The van der Waals surface area contributed by atoms with Crippen LogP contribution in [-0.2, 0) is 11.3 Å². The minimum absolute atomic E-state index is 0.0269. The van der Waals surface area contributed by atoms with Crippen molar-refractivity contribution in [1.82, 2.24) is 15.2 Å². The largest absolute Gasteiger partial charge is 0.353 e. The Bertz CT molecular complexity index is 429. The average Bonchev–Trinajstić information content (AvgIpc) is 3.00. The number of fused-ring (bicyclic) bond motifs is 1. The molecule has 1 saturated carbocycles. The quantitative estimate of drug-likeness (QED) is 0.882. The molecule has 3 rings (SSSR count). The van der Waals surface area contributed by atoms with E-state index in [1.165, 1.54) is 32.1 Å². The van der Waals surface area contributed by atoms with E-state index in [-0.39, 0.29) is 11.9 Å². The molecule has 2 fully saturated rings. The van der Waals surface area contributed by atoms with Crippen molar-refractivity contribution in [2.45, 2.75) is 57.2 Å². The van der Waals surface area contributed by atoms with Gasteiger partial charge < -0.3 is 15.2 Å². The third-order valence-electron chi connectivity index (χ3n) is 4.80. The van der Waals surface area contributed by atoms with Crippen LogP contribution in [0.2, 0.25) is 0 Å². The number of carbonyl (C=O) groups excluding carboxylic acids is 1. The maximum absolute atomic E-state index is 12.2. The van der Waals surface area contributed by atoms with Crippen molar-refractivity contribution in [1.29, 1.82) is 0 Å². The number of hydrogen-bond acceptors (Lipinski definition) is 2. The molecule has 4 nitrogen and oxygen atoms in total. The van der Waals surface area contributed by atoms with Gasteiger partial charge in [-0.15, -0.1) is 0 Å². The van der Waals surface area contributed by atoms with E-state index in [1.807, 2.05) is 24.5 Å². The van der Waals surface area contributed by atoms with E-state index in [0.29, 0.717) is 12.6 Å². The van der Waals surface area contributed by atoms with E-state index in [1.54, 1.807) is 0 Å². The molecule has 2 aliphatic rings. The lowest BCUT2D eigenvalue weighted by Crippen LogP contribution is -2.55. The molecule has 3 unspecified atom stereocenters. The number of nitrogens with zero attached hydrogens (tertiary/aromatic N) is 1. The highest BCUT2D eigenvalue weighted by Crippen LogP contribution is 2.32. The van der Waals surface area contributed by atoms with Crippen LogP contribution in [0.3, 0.4) is 0 Å². The van der Waals surface area contributed by atoms with Crippen molar-refractivity contribution in [3.05, 3.63) is 24.5 Å². The zero-order valence-corrected chi connectivity index (χ0v) is 12.1. The molecule has 2 N–H and O–H groups in total. The van der Waals surface area contributed by atoms with Crippen LogP contribution in [0, 0.1) is 5.92 Å². The molecule has 1 aromatic heterocycles. The fourth-order valence-electron chi connectivity index (χ4n) is 3.65. The summed E-state index contributed by atoms with van der Waals surface area (Å²) in [6, 6.07) is 4.62. The molecule has 0 bridgehead atoms. The van der Waals surface area contributed by atoms with Crippen LogP contribution in [-0.4, -0.2) is 29.1 Å². The number of piperidine rings is 1. The lowest BCUT2D eigenvalue weighted by Gasteiger charge is -2.39. The number of aromatic nitrogens is 1. The Morgan fingerprint density at radius 2 is 1.95 bits per heavy atom. The lowest BCUT2D eigenvalue weighted by molar-refractivity contribution is -0.124. The Morgan fingerprint density at radius 1 is 1.15 bits per heavy atom. The molecular weight excluding hydrogens is 250 g/mol. The van der Waals surface area contributed by atoms with Crippen LogP contribution < -0.4 is 10.6 Å². The summed E-state index contributed by atoms with van der Waals surface area (Å²) in [4.78, 5) is 12.2. The molecule has 1 aliphatic carbocycles. The molecule has 3 atom stereocenters. The zero-order chi connectivity index (χ0) is 13.8. The monoisotopic (exact) mass is 275 g/mol. The van der Waals surface area contributed by atoms with Crippen LogP contribution in [0.5, 0.6) is 0 Å². The van der Waals surface area contributed by atoms with Gasteiger partial charge in [-0.1, -0.05) is 12.8 Å². The van der Waals surface area contributed by atoms with Gasteiger partial charge in [-0.05, 0) is 43.7 Å². The zero-order valence-electron chi connectivity index (χ0n) is 12.1. The van der Waals surface area contributed by atoms with E-state index in [9.17, 15) is 4.79 Å². The molecule has 2 heterocycles. The Labute approximate surface area is 120 Å². The van der Waals surface area contributed by atoms with Crippen molar-refractivity contribution >= 4 is 5.91 Å². The summed E-state index contributed by atoms with van der Waals surface area (Å²) in [5, 5.41) is 6.64. The molecule has 1 saturated heterocycles. The van der Waals surface area contributed by atoms with Crippen molar-refractivity contribution < 1.29 is 4.79 Å². The van der Waals surface area contributed by atoms with Gasteiger partial charge in [0, 0.05) is 31.5 Å². The van der Waals surface area contributed by atoms with E-state index in [2.05, 4.69) is 15.2 Å². The van der Waals surface area contributed by atoms with Crippen molar-refractivity contribution in [2.75, 3.05) is 6.54 Å². The highest BCUT2D eigenvalue weighted by molar-refractivity contribution is 5.81. The average molecular weight is 275 g/mol. The molecular formula is C16H25N3O. The van der Waals surface area contributed by atoms with Crippen molar-refractivity contribution in [3.8, 4) is 0 Å². The van der Waals surface area contributed by atoms with Crippen LogP contribution >= 0.6 is 0 Å². The predicted molar refractivity (Wildman–Crippen MR) is 79.3 cm³/mol. The summed E-state index contributed by atoms with van der Waals surface area (Å²) in [6.07, 6.45) is 11.5. The molecule has 20 heavy (non-hydrogen) atoms. The van der Waals surface area contributed by atoms with Crippen LogP contribution in [0.1, 0.15) is 38.5 Å². The van der Waals surface area contributed by atoms with Crippen molar-refractivity contribution in [2.24, 2.45) is 5.92 Å². The molecule has 1 aliphatic heterocycles. The second-order valence-electron chi connectivity index (χ2n) is 6.16. The Morgan fingerprint density at radius 3 is 2.80 bits per heavy atom. The van der Waals surface area contributed by atoms with Crippen LogP contribution in [0.4, 0.5) is 0 Å². The van der Waals surface area contributed by atoms with Gasteiger partial charge in [-0.25, -0.2) is 0 Å². The lowest BCUT2D eigenvalue weighted by atomic mass is 9.77. The summed E-state index contributed by atoms with van der Waals surface area (Å²) >= 11 is 0. The fraction of sp³-hybridized carbons (Fsp3) is 0.688. The minimum atomic E-state index is 0.0269. The first-order chi connectivity index (χ1) is 9.83. The van der Waals surface area contributed by atoms with Gasteiger partial charge in [-0.3, -0.25) is 4.79 Å². The van der Waals surface area contributed by atoms with Gasteiger partial charge in [0.1, 0.15) is 0 Å². The highest BCUT2D eigenvalue weighted by Gasteiger charge is 2.34. The van der Waals surface area contributed by atoms with E-state index >= 15 is 0 Å². The molecule has 0 radical (unpaired) electrons. The summed E-state index contributed by atoms with van der Waals surface area (Å²) < 4.78 is 2.09. The smallest absolute Gasteiger partial charge is 0.237 e.